The van der Waals surface area contributed by atoms with Crippen molar-refractivity contribution in [3.05, 3.63) is 108 Å². The van der Waals surface area contributed by atoms with Crippen molar-refractivity contribution >= 4 is 50.2 Å². The van der Waals surface area contributed by atoms with E-state index in [4.69, 9.17) is 0 Å². The fraction of sp³-hybridized carbons (Fsp3) is 0.0357. The van der Waals surface area contributed by atoms with Crippen LogP contribution in [0.1, 0.15) is 15.9 Å². The van der Waals surface area contributed by atoms with Crippen molar-refractivity contribution in [3.8, 4) is 11.1 Å². The van der Waals surface area contributed by atoms with Crippen LogP contribution in [-0.2, 0) is 11.3 Å². The van der Waals surface area contributed by atoms with Crippen LogP contribution in [0.3, 0.4) is 0 Å². The lowest BCUT2D eigenvalue weighted by atomic mass is 9.89. The van der Waals surface area contributed by atoms with Crippen molar-refractivity contribution in [3.63, 3.8) is 0 Å². The molecule has 1 unspecified atom stereocenters. The van der Waals surface area contributed by atoms with Crippen molar-refractivity contribution in [2.75, 3.05) is 4.31 Å². The molecule has 0 amide bonds. The second-order valence-corrected chi connectivity index (χ2v) is 8.84. The molecule has 6 heteroatoms. The molecule has 5 aromatic rings. The van der Waals surface area contributed by atoms with E-state index in [9.17, 15) is 18.7 Å². The number of fused-ring (bicyclic) bond motifs is 2. The van der Waals surface area contributed by atoms with Gasteiger partial charge in [0.1, 0.15) is 0 Å². The van der Waals surface area contributed by atoms with Crippen LogP contribution in [-0.4, -0.2) is 19.8 Å². The van der Waals surface area contributed by atoms with E-state index in [2.05, 4.69) is 0 Å². The van der Waals surface area contributed by atoms with E-state index in [1.807, 2.05) is 73.7 Å². The summed E-state index contributed by atoms with van der Waals surface area (Å²) in [6.07, 6.45) is 0. The van der Waals surface area contributed by atoms with Gasteiger partial charge in [0.05, 0.1) is 28.2 Å². The quantitative estimate of drug-likeness (QED) is 0.296. The first-order chi connectivity index (χ1) is 16.5. The smallest absolute Gasteiger partial charge is 0.336 e. The van der Waals surface area contributed by atoms with Gasteiger partial charge in [0.25, 0.3) is 0 Å². The molecule has 5 aromatic carbocycles. The minimum absolute atomic E-state index is 0.108. The molecule has 5 nitrogen and oxygen atoms in total. The van der Waals surface area contributed by atoms with Crippen LogP contribution in [0, 0.1) is 6.92 Å². The first-order valence-electron chi connectivity index (χ1n) is 10.7. The highest BCUT2D eigenvalue weighted by atomic mass is 32.2. The fourth-order valence-electron chi connectivity index (χ4n) is 4.40. The Hall–Kier alpha value is -4.00. The van der Waals surface area contributed by atoms with Crippen LogP contribution in [0.5, 0.6) is 0 Å². The molecule has 0 saturated carbocycles. The molecule has 0 bridgehead atoms. The standard InChI is InChI=1S/C28H21NO4S/c1-18-10-14-21(15-11-18)29(34(32)33)25-17-13-20-7-3-5-9-23(20)27(25)26-22-8-4-2-6-19(22)12-16-24(26)28(30)31/h2-17H,1H3,(H,30,31)(H,32,33)/p-1. The summed E-state index contributed by atoms with van der Waals surface area (Å²) in [6, 6.07) is 29.2. The van der Waals surface area contributed by atoms with Gasteiger partial charge in [-0.05, 0) is 52.7 Å². The number of carbonyl (C=O) groups is 1. The summed E-state index contributed by atoms with van der Waals surface area (Å²) in [5.74, 6) is -1.08. The number of rotatable bonds is 5. The van der Waals surface area contributed by atoms with Crippen LogP contribution in [0.4, 0.5) is 11.4 Å². The normalized spacial score (nSPS) is 12.1. The highest BCUT2D eigenvalue weighted by Gasteiger charge is 2.24. The van der Waals surface area contributed by atoms with Gasteiger partial charge < -0.3 is 9.66 Å². The van der Waals surface area contributed by atoms with Gasteiger partial charge in [0, 0.05) is 11.1 Å². The number of anilines is 2. The lowest BCUT2D eigenvalue weighted by molar-refractivity contribution is 0.0698. The number of hydrogen-bond donors (Lipinski definition) is 1. The fourth-order valence-corrected chi connectivity index (χ4v) is 5.00. The summed E-state index contributed by atoms with van der Waals surface area (Å²) >= 11 is -2.65. The molecule has 0 saturated heterocycles. The Kier molecular flexibility index (Phi) is 5.61. The van der Waals surface area contributed by atoms with Crippen molar-refractivity contribution < 1.29 is 18.7 Å². The van der Waals surface area contributed by atoms with E-state index < -0.39 is 17.2 Å². The molecule has 5 rings (SSSR count). The second-order valence-electron chi connectivity index (χ2n) is 8.04. The molecule has 1 atom stereocenters. The van der Waals surface area contributed by atoms with Crippen LogP contribution in [0.15, 0.2) is 97.1 Å². The molecule has 0 aliphatic carbocycles. The predicted molar refractivity (Wildman–Crippen MR) is 136 cm³/mol. The zero-order valence-corrected chi connectivity index (χ0v) is 19.1. The van der Waals surface area contributed by atoms with Crippen LogP contribution < -0.4 is 4.31 Å². The average Bonchev–Trinajstić information content (AvgIpc) is 2.84. The molecule has 34 heavy (non-hydrogen) atoms. The Morgan fingerprint density at radius 1 is 0.765 bits per heavy atom. The van der Waals surface area contributed by atoms with Gasteiger partial charge in [-0.15, -0.1) is 0 Å². The number of aryl methyl sites for hydroxylation is 1. The molecule has 0 radical (unpaired) electrons. The number of benzene rings is 5. The molecule has 1 N–H and O–H groups in total. The maximum atomic E-state index is 12.6. The summed E-state index contributed by atoms with van der Waals surface area (Å²) < 4.78 is 26.4. The third-order valence-electron chi connectivity index (χ3n) is 5.95. The van der Waals surface area contributed by atoms with Crippen LogP contribution >= 0.6 is 0 Å². The van der Waals surface area contributed by atoms with Gasteiger partial charge in [-0.3, -0.25) is 8.51 Å². The highest BCUT2D eigenvalue weighted by Crippen LogP contribution is 2.45. The van der Waals surface area contributed by atoms with Gasteiger partial charge >= 0.3 is 5.97 Å². The minimum Gasteiger partial charge on any atom is -0.755 e. The molecular formula is C28H20NO4S-. The van der Waals surface area contributed by atoms with Gasteiger partial charge in [-0.1, -0.05) is 78.4 Å². The lowest BCUT2D eigenvalue weighted by Gasteiger charge is -2.30. The van der Waals surface area contributed by atoms with E-state index in [-0.39, 0.29) is 5.56 Å². The molecule has 168 valence electrons. The van der Waals surface area contributed by atoms with Crippen molar-refractivity contribution in [2.45, 2.75) is 6.92 Å². The Morgan fingerprint density at radius 3 is 1.91 bits per heavy atom. The minimum atomic E-state index is -2.65. The summed E-state index contributed by atoms with van der Waals surface area (Å²) in [5, 5.41) is 13.4. The predicted octanol–water partition coefficient (Wildman–Crippen LogP) is 6.60. The maximum absolute atomic E-state index is 12.6. The first-order valence-corrected chi connectivity index (χ1v) is 11.7. The van der Waals surface area contributed by atoms with E-state index in [1.165, 1.54) is 4.31 Å². The summed E-state index contributed by atoms with van der Waals surface area (Å²) in [4.78, 5) is 12.4. The number of aromatic carboxylic acids is 1. The largest absolute Gasteiger partial charge is 0.755 e. The van der Waals surface area contributed by atoms with E-state index in [1.54, 1.807) is 30.3 Å². The Balaban J connectivity index is 1.95. The van der Waals surface area contributed by atoms with Crippen molar-refractivity contribution in [2.24, 2.45) is 0 Å². The van der Waals surface area contributed by atoms with Crippen molar-refractivity contribution in [1.82, 2.24) is 0 Å². The van der Waals surface area contributed by atoms with Crippen LogP contribution in [0.2, 0.25) is 0 Å². The third kappa shape index (κ3) is 3.73. The zero-order chi connectivity index (χ0) is 23.8. The van der Waals surface area contributed by atoms with Crippen molar-refractivity contribution in [1.29, 1.82) is 0 Å². The Morgan fingerprint density at radius 2 is 1.32 bits per heavy atom. The molecule has 0 aliphatic rings. The van der Waals surface area contributed by atoms with Gasteiger partial charge in [-0.2, -0.15) is 0 Å². The number of hydrogen-bond acceptors (Lipinski definition) is 3. The first kappa shape index (κ1) is 21.8. The van der Waals surface area contributed by atoms with E-state index >= 15 is 0 Å². The zero-order valence-electron chi connectivity index (χ0n) is 18.3. The average molecular weight is 467 g/mol. The SMILES string of the molecule is Cc1ccc(N(c2ccc3ccccc3c2-c2c(C(=O)O)ccc3ccccc23)S(=O)[O-])cc1. The molecule has 0 fully saturated rings. The molecule has 0 aromatic heterocycles. The second kappa shape index (κ2) is 8.74. The molecule has 0 spiro atoms. The molecular weight excluding hydrogens is 446 g/mol. The van der Waals surface area contributed by atoms with Gasteiger partial charge in [0.15, 0.2) is 0 Å². The number of nitrogens with zero attached hydrogens (tertiary/aromatic N) is 1. The summed E-state index contributed by atoms with van der Waals surface area (Å²) in [7, 11) is 0. The molecule has 0 aliphatic heterocycles. The lowest BCUT2D eigenvalue weighted by Crippen LogP contribution is -2.20. The Bertz CT molecular complexity index is 1580. The highest BCUT2D eigenvalue weighted by molar-refractivity contribution is 7.81. The van der Waals surface area contributed by atoms with Gasteiger partial charge in [0.2, 0.25) is 0 Å². The van der Waals surface area contributed by atoms with Crippen LogP contribution in [0.25, 0.3) is 32.7 Å². The number of carboxylic acids is 1. The monoisotopic (exact) mass is 466 g/mol. The number of carboxylic acid groups (broad SMARTS) is 1. The van der Waals surface area contributed by atoms with Gasteiger partial charge in [-0.25, -0.2) is 4.79 Å². The Labute approximate surface area is 199 Å². The van der Waals surface area contributed by atoms with E-state index in [0.717, 1.165) is 27.1 Å². The topological polar surface area (TPSA) is 80.7 Å². The third-order valence-corrected chi connectivity index (χ3v) is 6.66. The molecule has 0 heterocycles. The maximum Gasteiger partial charge on any atom is 0.336 e. The summed E-state index contributed by atoms with van der Waals surface area (Å²) in [5.41, 5.74) is 3.00. The van der Waals surface area contributed by atoms with E-state index in [0.29, 0.717) is 22.5 Å². The summed E-state index contributed by atoms with van der Waals surface area (Å²) in [6.45, 7) is 1.93.